The van der Waals surface area contributed by atoms with Crippen molar-refractivity contribution in [3.05, 3.63) is 17.2 Å². The van der Waals surface area contributed by atoms with Gasteiger partial charge in [-0.25, -0.2) is 0 Å². The predicted molar refractivity (Wildman–Crippen MR) is 85.2 cm³/mol. The first-order chi connectivity index (χ1) is 10.2. The van der Waals surface area contributed by atoms with Crippen LogP contribution in [0.3, 0.4) is 0 Å². The van der Waals surface area contributed by atoms with Crippen LogP contribution < -0.4 is 15.4 Å². The van der Waals surface area contributed by atoms with Gasteiger partial charge >= 0.3 is 0 Å². The Morgan fingerprint density at radius 1 is 1.38 bits per heavy atom. The second-order valence-corrected chi connectivity index (χ2v) is 6.28. The molecule has 0 radical (unpaired) electrons. The molecule has 1 aliphatic carbocycles. The van der Waals surface area contributed by atoms with E-state index in [1.807, 2.05) is 6.07 Å². The van der Waals surface area contributed by atoms with E-state index in [-0.39, 0.29) is 12.5 Å². The summed E-state index contributed by atoms with van der Waals surface area (Å²) in [5.41, 5.74) is 1.55. The Morgan fingerprint density at radius 2 is 2.19 bits per heavy atom. The fourth-order valence-electron chi connectivity index (χ4n) is 3.30. The Hall–Kier alpha value is -1.42. The second kappa shape index (κ2) is 6.14. The van der Waals surface area contributed by atoms with Gasteiger partial charge in [-0.15, -0.1) is 0 Å². The molecular weight excluding hydrogens is 288 g/mol. The minimum absolute atomic E-state index is 0.0646. The van der Waals surface area contributed by atoms with Crippen molar-refractivity contribution in [1.82, 2.24) is 0 Å². The largest absolute Gasteiger partial charge is 0.482 e. The Bertz CT molecular complexity index is 547. The third-order valence-electron chi connectivity index (χ3n) is 4.48. The highest BCUT2D eigenvalue weighted by molar-refractivity contribution is 6.33. The maximum absolute atomic E-state index is 11.3. The van der Waals surface area contributed by atoms with Crippen molar-refractivity contribution in [1.29, 1.82) is 0 Å². The molecule has 2 unspecified atom stereocenters. The monoisotopic (exact) mass is 308 g/mol. The van der Waals surface area contributed by atoms with E-state index >= 15 is 0 Å². The van der Waals surface area contributed by atoms with E-state index in [1.165, 1.54) is 32.1 Å². The minimum atomic E-state index is -0.141. The van der Waals surface area contributed by atoms with E-state index in [9.17, 15) is 4.79 Å². The van der Waals surface area contributed by atoms with E-state index in [2.05, 4.69) is 17.6 Å². The van der Waals surface area contributed by atoms with Gasteiger partial charge in [0.25, 0.3) is 5.91 Å². The number of fused-ring (bicyclic) bond motifs is 1. The topological polar surface area (TPSA) is 50.4 Å². The number of benzene rings is 1. The zero-order chi connectivity index (χ0) is 14.8. The van der Waals surface area contributed by atoms with Crippen LogP contribution in [0.15, 0.2) is 12.1 Å². The number of hydrogen-bond donors (Lipinski definition) is 2. The standard InChI is InChI=1S/C16H21ClN2O2/c1-2-10-5-3-4-6-12(10)18-13-8-15-14(7-11(13)17)19-16(20)9-21-15/h7-8,10,12,18H,2-6,9H2,1H3,(H,19,20). The van der Waals surface area contributed by atoms with Crippen molar-refractivity contribution in [2.75, 3.05) is 17.2 Å². The summed E-state index contributed by atoms with van der Waals surface area (Å²) in [5, 5.41) is 6.99. The highest BCUT2D eigenvalue weighted by Gasteiger charge is 2.25. The Morgan fingerprint density at radius 3 is 3.00 bits per heavy atom. The molecule has 1 aromatic rings. The van der Waals surface area contributed by atoms with Crippen LogP contribution in [0.5, 0.6) is 5.75 Å². The summed E-state index contributed by atoms with van der Waals surface area (Å²) in [4.78, 5) is 11.3. The van der Waals surface area contributed by atoms with Crippen molar-refractivity contribution in [2.24, 2.45) is 5.92 Å². The van der Waals surface area contributed by atoms with Crippen LogP contribution in [0.4, 0.5) is 11.4 Å². The van der Waals surface area contributed by atoms with Crippen LogP contribution in [0, 0.1) is 5.92 Å². The quantitative estimate of drug-likeness (QED) is 0.885. The molecule has 1 aromatic carbocycles. The van der Waals surface area contributed by atoms with E-state index in [4.69, 9.17) is 16.3 Å². The van der Waals surface area contributed by atoms with Crippen molar-refractivity contribution >= 4 is 28.9 Å². The Kier molecular flexibility index (Phi) is 4.24. The average molecular weight is 309 g/mol. The van der Waals surface area contributed by atoms with Crippen LogP contribution in [0.25, 0.3) is 0 Å². The summed E-state index contributed by atoms with van der Waals surface area (Å²) < 4.78 is 5.46. The number of nitrogens with one attached hydrogen (secondary N) is 2. The van der Waals surface area contributed by atoms with E-state index in [1.54, 1.807) is 6.07 Å². The highest BCUT2D eigenvalue weighted by atomic mass is 35.5. The molecule has 3 rings (SSSR count). The number of carbonyl (C=O) groups excluding carboxylic acids is 1. The molecule has 1 heterocycles. The predicted octanol–water partition coefficient (Wildman–Crippen LogP) is 4.05. The van der Waals surface area contributed by atoms with E-state index in [0.717, 1.165) is 5.69 Å². The molecule has 2 aliphatic rings. The lowest BCUT2D eigenvalue weighted by molar-refractivity contribution is -0.118. The van der Waals surface area contributed by atoms with Gasteiger partial charge in [-0.1, -0.05) is 37.8 Å². The fourth-order valence-corrected chi connectivity index (χ4v) is 3.51. The second-order valence-electron chi connectivity index (χ2n) is 5.87. The first kappa shape index (κ1) is 14.5. The number of rotatable bonds is 3. The van der Waals surface area contributed by atoms with Crippen LogP contribution in [-0.2, 0) is 4.79 Å². The molecule has 114 valence electrons. The number of carbonyl (C=O) groups is 1. The first-order valence-corrected chi connectivity index (χ1v) is 8.08. The van der Waals surface area contributed by atoms with Gasteiger partial charge in [0.15, 0.2) is 6.61 Å². The van der Waals surface area contributed by atoms with Crippen molar-refractivity contribution in [3.8, 4) is 5.75 Å². The smallest absolute Gasteiger partial charge is 0.262 e. The Labute approximate surface area is 130 Å². The third-order valence-corrected chi connectivity index (χ3v) is 4.79. The van der Waals surface area contributed by atoms with E-state index < -0.39 is 0 Å². The number of anilines is 2. The van der Waals surface area contributed by atoms with Crippen LogP contribution >= 0.6 is 11.6 Å². The number of ether oxygens (including phenoxy) is 1. The van der Waals surface area contributed by atoms with Gasteiger partial charge in [0.2, 0.25) is 0 Å². The minimum Gasteiger partial charge on any atom is -0.482 e. The van der Waals surface area contributed by atoms with Gasteiger partial charge in [-0.3, -0.25) is 4.79 Å². The summed E-state index contributed by atoms with van der Waals surface area (Å²) in [7, 11) is 0. The molecule has 1 fully saturated rings. The van der Waals surface area contributed by atoms with Crippen molar-refractivity contribution < 1.29 is 9.53 Å². The lowest BCUT2D eigenvalue weighted by Crippen LogP contribution is -2.32. The molecule has 1 amide bonds. The SMILES string of the molecule is CCC1CCCCC1Nc1cc2c(cc1Cl)NC(=O)CO2. The zero-order valence-corrected chi connectivity index (χ0v) is 13.0. The molecule has 4 nitrogen and oxygen atoms in total. The molecule has 0 bridgehead atoms. The maximum atomic E-state index is 11.3. The Balaban J connectivity index is 1.80. The summed E-state index contributed by atoms with van der Waals surface area (Å²) in [6.07, 6.45) is 6.24. The molecule has 0 aromatic heterocycles. The third kappa shape index (κ3) is 3.10. The highest BCUT2D eigenvalue weighted by Crippen LogP contribution is 2.38. The summed E-state index contributed by atoms with van der Waals surface area (Å²) in [6.45, 7) is 2.31. The normalized spacial score (nSPS) is 24.8. The van der Waals surface area contributed by atoms with Gasteiger partial charge < -0.3 is 15.4 Å². The number of halogens is 1. The molecule has 2 N–H and O–H groups in total. The number of amides is 1. The zero-order valence-electron chi connectivity index (χ0n) is 12.2. The molecule has 0 saturated heterocycles. The average Bonchev–Trinajstić information content (AvgIpc) is 2.49. The molecule has 1 aliphatic heterocycles. The lowest BCUT2D eigenvalue weighted by atomic mass is 9.83. The van der Waals surface area contributed by atoms with E-state index in [0.29, 0.717) is 28.4 Å². The van der Waals surface area contributed by atoms with Gasteiger partial charge in [0.1, 0.15) is 5.75 Å². The maximum Gasteiger partial charge on any atom is 0.262 e. The van der Waals surface area contributed by atoms with Crippen LogP contribution in [0.1, 0.15) is 39.0 Å². The molecular formula is C16H21ClN2O2. The summed E-state index contributed by atoms with van der Waals surface area (Å²) in [6, 6.07) is 4.14. The van der Waals surface area contributed by atoms with Crippen LogP contribution in [-0.4, -0.2) is 18.6 Å². The van der Waals surface area contributed by atoms with Gasteiger partial charge in [-0.2, -0.15) is 0 Å². The number of hydrogen-bond acceptors (Lipinski definition) is 3. The summed E-state index contributed by atoms with van der Waals surface area (Å²) in [5.74, 6) is 1.24. The van der Waals surface area contributed by atoms with Crippen molar-refractivity contribution in [3.63, 3.8) is 0 Å². The molecule has 5 heteroatoms. The van der Waals surface area contributed by atoms with Gasteiger partial charge in [-0.05, 0) is 24.8 Å². The molecule has 1 saturated carbocycles. The van der Waals surface area contributed by atoms with Gasteiger partial charge in [0, 0.05) is 12.1 Å². The van der Waals surface area contributed by atoms with Crippen molar-refractivity contribution in [2.45, 2.75) is 45.1 Å². The van der Waals surface area contributed by atoms with Crippen LogP contribution in [0.2, 0.25) is 5.02 Å². The summed E-state index contributed by atoms with van der Waals surface area (Å²) >= 11 is 6.35. The molecule has 0 spiro atoms. The van der Waals surface area contributed by atoms with Gasteiger partial charge in [0.05, 0.1) is 16.4 Å². The fraction of sp³-hybridized carbons (Fsp3) is 0.562. The first-order valence-electron chi connectivity index (χ1n) is 7.70. The lowest BCUT2D eigenvalue weighted by Gasteiger charge is -2.33. The molecule has 2 atom stereocenters. The molecule has 21 heavy (non-hydrogen) atoms.